The highest BCUT2D eigenvalue weighted by atomic mass is 35.5. The van der Waals surface area contributed by atoms with Gasteiger partial charge in [-0.25, -0.2) is 4.39 Å². The zero-order chi connectivity index (χ0) is 30.7. The van der Waals surface area contributed by atoms with Crippen molar-refractivity contribution in [3.05, 3.63) is 106 Å². The number of rotatable bonds is 8. The summed E-state index contributed by atoms with van der Waals surface area (Å²) in [5.74, 6) is -0.874. The normalized spacial score (nSPS) is 13.6. The van der Waals surface area contributed by atoms with Gasteiger partial charge in [-0.15, -0.1) is 5.53 Å². The summed E-state index contributed by atoms with van der Waals surface area (Å²) in [5.41, 5.74) is 9.55. The number of carbonyl (C=O) groups excluding carboxylic acids is 1. The van der Waals surface area contributed by atoms with E-state index in [1.54, 1.807) is 31.8 Å². The van der Waals surface area contributed by atoms with Gasteiger partial charge in [-0.3, -0.25) is 14.8 Å². The fourth-order valence-electron chi connectivity index (χ4n) is 4.36. The van der Waals surface area contributed by atoms with E-state index in [1.807, 2.05) is 42.6 Å². The molecule has 0 aliphatic carbocycles. The molecule has 0 radical (unpaired) electrons. The van der Waals surface area contributed by atoms with E-state index >= 15 is 0 Å². The van der Waals surface area contributed by atoms with Crippen LogP contribution in [0.4, 0.5) is 21.5 Å². The predicted molar refractivity (Wildman–Crippen MR) is 166 cm³/mol. The van der Waals surface area contributed by atoms with Crippen molar-refractivity contribution in [3.63, 3.8) is 0 Å². The lowest BCUT2D eigenvalue weighted by molar-refractivity contribution is -0.157. The molecule has 1 aliphatic heterocycles. The number of halogens is 3. The molecule has 0 unspecified atom stereocenters. The number of nitriles is 1. The van der Waals surface area contributed by atoms with Crippen LogP contribution in [0.3, 0.4) is 0 Å². The zero-order valence-electron chi connectivity index (χ0n) is 23.5. The van der Waals surface area contributed by atoms with E-state index in [0.717, 1.165) is 11.3 Å². The first kappa shape index (κ1) is 29.9. The fourth-order valence-corrected chi connectivity index (χ4v) is 4.81. The second-order valence-corrected chi connectivity index (χ2v) is 11.7. The largest absolute Gasteiger partial charge is 0.442 e. The predicted octanol–water partition coefficient (Wildman–Crippen LogP) is 7.16. The average Bonchev–Trinajstić information content (AvgIpc) is 3.45. The third kappa shape index (κ3) is 6.75. The molecule has 0 saturated heterocycles. The fraction of sp³-hybridized carbons (Fsp3) is 0.194. The van der Waals surface area contributed by atoms with Crippen molar-refractivity contribution in [3.8, 4) is 6.07 Å². The lowest BCUT2D eigenvalue weighted by Gasteiger charge is -2.22. The third-order valence-corrected chi connectivity index (χ3v) is 7.15. The number of fused-ring (bicyclic) bond motifs is 1. The van der Waals surface area contributed by atoms with Crippen molar-refractivity contribution < 1.29 is 13.9 Å². The monoisotopic (exact) mass is 619 g/mol. The summed E-state index contributed by atoms with van der Waals surface area (Å²) in [4.78, 5) is 16.7. The van der Waals surface area contributed by atoms with Crippen LogP contribution in [-0.4, -0.2) is 22.7 Å². The van der Waals surface area contributed by atoms with Crippen molar-refractivity contribution in [2.45, 2.75) is 26.8 Å². The van der Waals surface area contributed by atoms with Crippen LogP contribution in [0, 0.1) is 22.6 Å². The summed E-state index contributed by atoms with van der Waals surface area (Å²) in [6, 6.07) is 19.3. The minimum atomic E-state index is -0.625. The number of pyridine rings is 1. The molecule has 220 valence electrons. The maximum Gasteiger partial charge on any atom is 0.312 e. The number of esters is 1. The van der Waals surface area contributed by atoms with Gasteiger partial charge < -0.3 is 20.8 Å². The van der Waals surface area contributed by atoms with Crippen LogP contribution in [0.25, 0.3) is 10.9 Å². The molecule has 1 aromatic heterocycles. The van der Waals surface area contributed by atoms with E-state index in [-0.39, 0.29) is 29.3 Å². The Balaban J connectivity index is 1.50. The first-order valence-corrected chi connectivity index (χ1v) is 14.0. The molecule has 9 nitrogen and oxygen atoms in total. The number of nitrogens with one attached hydrogen (secondary N) is 4. The van der Waals surface area contributed by atoms with Crippen LogP contribution in [0.5, 0.6) is 0 Å². The zero-order valence-corrected chi connectivity index (χ0v) is 25.0. The Labute approximate surface area is 258 Å². The Morgan fingerprint density at radius 3 is 2.56 bits per heavy atom. The minimum Gasteiger partial charge on any atom is -0.442 e. The van der Waals surface area contributed by atoms with Gasteiger partial charge >= 0.3 is 5.97 Å². The molecule has 3 aromatic carbocycles. The number of carbonyl (C=O) groups is 1. The highest BCUT2D eigenvalue weighted by Crippen LogP contribution is 2.37. The van der Waals surface area contributed by atoms with Gasteiger partial charge in [0.2, 0.25) is 0 Å². The van der Waals surface area contributed by atoms with E-state index in [0.29, 0.717) is 33.0 Å². The maximum absolute atomic E-state index is 13.8. The van der Waals surface area contributed by atoms with Crippen molar-refractivity contribution >= 4 is 57.1 Å². The molecule has 0 fully saturated rings. The smallest absolute Gasteiger partial charge is 0.312 e. The molecular formula is C31H28Cl2FN7O2. The van der Waals surface area contributed by atoms with Gasteiger partial charge in [0.1, 0.15) is 11.9 Å². The van der Waals surface area contributed by atoms with Gasteiger partial charge in [0.05, 0.1) is 44.0 Å². The van der Waals surface area contributed by atoms with Gasteiger partial charge in [0, 0.05) is 29.2 Å². The highest BCUT2D eigenvalue weighted by Gasteiger charge is 2.26. The number of hydrogen-bond acceptors (Lipinski definition) is 9. The SMILES string of the molecule is CC(C)(C)C(=O)OCN1C=C([C@@H](Nc2cc(Cl)c3ncc(C#N)c(Nc4ccc(F)c(Cl)c4)c3c2)c2ccccc2)NN1. The van der Waals surface area contributed by atoms with Gasteiger partial charge in [0.15, 0.2) is 6.73 Å². The number of nitrogens with zero attached hydrogens (tertiary/aromatic N) is 3. The van der Waals surface area contributed by atoms with E-state index in [4.69, 9.17) is 27.9 Å². The molecule has 5 rings (SSSR count). The molecule has 0 amide bonds. The Hall–Kier alpha value is -4.56. The molecule has 1 aliphatic rings. The molecule has 0 spiro atoms. The number of benzene rings is 3. The Bertz CT molecular complexity index is 1750. The summed E-state index contributed by atoms with van der Waals surface area (Å²) in [6.45, 7) is 5.38. The molecule has 0 saturated carbocycles. The molecule has 12 heteroatoms. The van der Waals surface area contributed by atoms with Gasteiger partial charge in [0.25, 0.3) is 0 Å². The Kier molecular flexibility index (Phi) is 8.59. The average molecular weight is 621 g/mol. The van der Waals surface area contributed by atoms with Crippen molar-refractivity contribution in [1.82, 2.24) is 21.0 Å². The van der Waals surface area contributed by atoms with E-state index in [2.05, 4.69) is 32.6 Å². The number of anilines is 3. The highest BCUT2D eigenvalue weighted by molar-refractivity contribution is 6.36. The third-order valence-electron chi connectivity index (χ3n) is 6.58. The van der Waals surface area contributed by atoms with Gasteiger partial charge in [-0.1, -0.05) is 53.5 Å². The second-order valence-electron chi connectivity index (χ2n) is 10.9. The van der Waals surface area contributed by atoms with Crippen molar-refractivity contribution in [2.75, 3.05) is 17.4 Å². The Morgan fingerprint density at radius 2 is 1.86 bits per heavy atom. The Morgan fingerprint density at radius 1 is 1.12 bits per heavy atom. The van der Waals surface area contributed by atoms with Crippen LogP contribution in [0.15, 0.2) is 78.8 Å². The molecule has 43 heavy (non-hydrogen) atoms. The van der Waals surface area contributed by atoms with Crippen LogP contribution >= 0.6 is 23.2 Å². The van der Waals surface area contributed by atoms with Crippen LogP contribution in [0.1, 0.15) is 37.9 Å². The minimum absolute atomic E-state index is 0.000946. The topological polar surface area (TPSA) is 114 Å². The lowest BCUT2D eigenvalue weighted by Crippen LogP contribution is -2.40. The van der Waals surface area contributed by atoms with E-state index in [9.17, 15) is 14.4 Å². The summed E-state index contributed by atoms with van der Waals surface area (Å²) in [7, 11) is 0. The summed E-state index contributed by atoms with van der Waals surface area (Å²) in [6.07, 6.45) is 3.24. The standard InChI is InChI=1S/C31H28Cl2FN7O2/c1-31(2,3)30(42)43-17-41-16-26(39-40-41)28(18-7-5-4-6-8-18)38-21-11-22-27(37-20-9-10-25(34)23(32)12-20)19(14-35)15-36-29(22)24(33)13-21/h4-13,15-16,28,38-40H,17H2,1-3H3,(H,36,37)/t28-/m0/s1. The molecular weight excluding hydrogens is 592 g/mol. The summed E-state index contributed by atoms with van der Waals surface area (Å²) < 4.78 is 19.2. The molecule has 4 N–H and O–H groups in total. The lowest BCUT2D eigenvalue weighted by atomic mass is 9.98. The van der Waals surface area contributed by atoms with Crippen LogP contribution in [-0.2, 0) is 9.53 Å². The summed E-state index contributed by atoms with van der Waals surface area (Å²) in [5, 5.41) is 19.1. The maximum atomic E-state index is 13.8. The number of aromatic nitrogens is 1. The molecule has 2 heterocycles. The number of hydrogen-bond donors (Lipinski definition) is 4. The van der Waals surface area contributed by atoms with Crippen LogP contribution < -0.4 is 21.6 Å². The quantitative estimate of drug-likeness (QED) is 0.152. The molecule has 0 bridgehead atoms. The molecule has 1 atom stereocenters. The first-order chi connectivity index (χ1) is 20.5. The number of hydrazine groups is 2. The van der Waals surface area contributed by atoms with E-state index < -0.39 is 11.2 Å². The van der Waals surface area contributed by atoms with Gasteiger partial charge in [-0.05, 0) is 56.7 Å². The second kappa shape index (κ2) is 12.4. The van der Waals surface area contributed by atoms with Crippen molar-refractivity contribution in [2.24, 2.45) is 5.41 Å². The van der Waals surface area contributed by atoms with Crippen molar-refractivity contribution in [1.29, 1.82) is 5.26 Å². The van der Waals surface area contributed by atoms with Gasteiger partial charge in [-0.2, -0.15) is 5.26 Å². The summed E-state index contributed by atoms with van der Waals surface area (Å²) >= 11 is 12.7. The first-order valence-electron chi connectivity index (χ1n) is 13.3. The molecule has 4 aromatic rings. The van der Waals surface area contributed by atoms with E-state index in [1.165, 1.54) is 24.4 Å². The number of ether oxygens (including phenoxy) is 1. The van der Waals surface area contributed by atoms with Crippen LogP contribution in [0.2, 0.25) is 10.0 Å².